The first-order chi connectivity index (χ1) is 9.76. The van der Waals surface area contributed by atoms with Crippen molar-refractivity contribution in [2.24, 2.45) is 5.73 Å². The number of ether oxygens (including phenoxy) is 3. The molecule has 110 valence electrons. The third-order valence-corrected chi connectivity index (χ3v) is 4.08. The minimum absolute atomic E-state index is 0.0138. The number of nitrogens with two attached hydrogens (primary N) is 1. The van der Waals surface area contributed by atoms with Crippen molar-refractivity contribution in [3.05, 3.63) is 23.8 Å². The molecule has 5 heteroatoms. The fourth-order valence-electron chi connectivity index (χ4n) is 2.90. The smallest absolute Gasteiger partial charge is 0.231 e. The van der Waals surface area contributed by atoms with Crippen LogP contribution in [0.4, 0.5) is 0 Å². The van der Waals surface area contributed by atoms with Gasteiger partial charge < -0.3 is 19.9 Å². The molecule has 1 aromatic rings. The Kier molecular flexibility index (Phi) is 4.10. The Morgan fingerprint density at radius 1 is 1.40 bits per heavy atom. The SMILES string of the molecule is COC1CCCN(CC(N)c2ccc3c(c2)OCO3)C1. The molecule has 0 saturated carbocycles. The molecule has 2 N–H and O–H groups in total. The molecule has 3 rings (SSSR count). The average molecular weight is 278 g/mol. The molecule has 1 fully saturated rings. The summed E-state index contributed by atoms with van der Waals surface area (Å²) in [6.07, 6.45) is 2.66. The van der Waals surface area contributed by atoms with Crippen molar-refractivity contribution in [3.63, 3.8) is 0 Å². The molecular weight excluding hydrogens is 256 g/mol. The molecule has 2 aliphatic heterocycles. The Morgan fingerprint density at radius 2 is 2.25 bits per heavy atom. The van der Waals surface area contributed by atoms with Gasteiger partial charge in [-0.25, -0.2) is 0 Å². The highest BCUT2D eigenvalue weighted by Crippen LogP contribution is 2.34. The molecule has 2 atom stereocenters. The molecule has 2 unspecified atom stereocenters. The van der Waals surface area contributed by atoms with Crippen LogP contribution in [0.15, 0.2) is 18.2 Å². The van der Waals surface area contributed by atoms with Gasteiger partial charge in [0, 0.05) is 26.2 Å². The van der Waals surface area contributed by atoms with Gasteiger partial charge >= 0.3 is 0 Å². The summed E-state index contributed by atoms with van der Waals surface area (Å²) in [6.45, 7) is 3.21. The van der Waals surface area contributed by atoms with Crippen molar-refractivity contribution in [1.82, 2.24) is 4.90 Å². The van der Waals surface area contributed by atoms with Crippen molar-refractivity contribution in [2.45, 2.75) is 25.0 Å². The fourth-order valence-corrected chi connectivity index (χ4v) is 2.90. The molecule has 0 aliphatic carbocycles. The van der Waals surface area contributed by atoms with E-state index in [9.17, 15) is 0 Å². The number of fused-ring (bicyclic) bond motifs is 1. The quantitative estimate of drug-likeness (QED) is 0.905. The molecular formula is C15H22N2O3. The zero-order valence-corrected chi connectivity index (χ0v) is 11.9. The van der Waals surface area contributed by atoms with Crippen LogP contribution in [-0.2, 0) is 4.74 Å². The predicted molar refractivity (Wildman–Crippen MR) is 76.0 cm³/mol. The van der Waals surface area contributed by atoms with E-state index in [1.54, 1.807) is 7.11 Å². The molecule has 1 aromatic carbocycles. The van der Waals surface area contributed by atoms with Gasteiger partial charge in [-0.05, 0) is 37.1 Å². The van der Waals surface area contributed by atoms with Crippen LogP contribution in [0.25, 0.3) is 0 Å². The molecule has 0 spiro atoms. The molecule has 5 nitrogen and oxygen atoms in total. The number of likely N-dealkylation sites (tertiary alicyclic amines) is 1. The van der Waals surface area contributed by atoms with Gasteiger partial charge in [0.15, 0.2) is 11.5 Å². The largest absolute Gasteiger partial charge is 0.454 e. The third-order valence-electron chi connectivity index (χ3n) is 4.08. The number of hydrogen-bond donors (Lipinski definition) is 1. The first-order valence-corrected chi connectivity index (χ1v) is 7.16. The summed E-state index contributed by atoms with van der Waals surface area (Å²) in [7, 11) is 1.78. The first kappa shape index (κ1) is 13.7. The molecule has 1 saturated heterocycles. The van der Waals surface area contributed by atoms with Gasteiger partial charge in [-0.2, -0.15) is 0 Å². The maximum absolute atomic E-state index is 6.33. The Labute approximate surface area is 119 Å². The predicted octanol–water partition coefficient (Wildman–Crippen LogP) is 1.53. The topological polar surface area (TPSA) is 57.0 Å². The Balaban J connectivity index is 1.62. The second kappa shape index (κ2) is 5.99. The number of rotatable bonds is 4. The average Bonchev–Trinajstić information content (AvgIpc) is 2.94. The Hall–Kier alpha value is -1.30. The van der Waals surface area contributed by atoms with Crippen LogP contribution in [-0.4, -0.2) is 44.5 Å². The van der Waals surface area contributed by atoms with Crippen LogP contribution >= 0.6 is 0 Å². The van der Waals surface area contributed by atoms with Crippen LogP contribution in [0.2, 0.25) is 0 Å². The number of piperidine rings is 1. The molecule has 2 aliphatic rings. The van der Waals surface area contributed by atoms with E-state index in [-0.39, 0.29) is 6.04 Å². The summed E-state index contributed by atoms with van der Waals surface area (Å²) < 4.78 is 16.2. The van der Waals surface area contributed by atoms with Gasteiger partial charge in [-0.3, -0.25) is 4.90 Å². The second-order valence-electron chi connectivity index (χ2n) is 5.48. The van der Waals surface area contributed by atoms with E-state index >= 15 is 0 Å². The minimum atomic E-state index is -0.0138. The maximum Gasteiger partial charge on any atom is 0.231 e. The molecule has 0 aromatic heterocycles. The van der Waals surface area contributed by atoms with Gasteiger partial charge in [0.25, 0.3) is 0 Å². The molecule has 0 amide bonds. The van der Waals surface area contributed by atoms with Crippen LogP contribution in [0.5, 0.6) is 11.5 Å². The molecule has 20 heavy (non-hydrogen) atoms. The normalized spacial score (nSPS) is 23.8. The van der Waals surface area contributed by atoms with E-state index in [0.717, 1.165) is 43.1 Å². The number of hydrogen-bond acceptors (Lipinski definition) is 5. The lowest BCUT2D eigenvalue weighted by atomic mass is 10.0. The zero-order chi connectivity index (χ0) is 13.9. The van der Waals surface area contributed by atoms with E-state index in [1.807, 2.05) is 18.2 Å². The highest BCUT2D eigenvalue weighted by molar-refractivity contribution is 5.45. The second-order valence-corrected chi connectivity index (χ2v) is 5.48. The highest BCUT2D eigenvalue weighted by Gasteiger charge is 2.22. The number of nitrogens with zero attached hydrogens (tertiary/aromatic N) is 1. The highest BCUT2D eigenvalue weighted by atomic mass is 16.7. The van der Waals surface area contributed by atoms with Crippen LogP contribution in [0, 0.1) is 0 Å². The fraction of sp³-hybridized carbons (Fsp3) is 0.600. The van der Waals surface area contributed by atoms with E-state index in [0.29, 0.717) is 12.9 Å². The summed E-state index contributed by atoms with van der Waals surface area (Å²) in [5.74, 6) is 1.60. The number of methoxy groups -OCH3 is 1. The van der Waals surface area contributed by atoms with E-state index < -0.39 is 0 Å². The van der Waals surface area contributed by atoms with Crippen molar-refractivity contribution >= 4 is 0 Å². The van der Waals surface area contributed by atoms with Gasteiger partial charge in [0.05, 0.1) is 6.10 Å². The van der Waals surface area contributed by atoms with Crippen LogP contribution in [0.1, 0.15) is 24.4 Å². The van der Waals surface area contributed by atoms with Crippen molar-refractivity contribution < 1.29 is 14.2 Å². The van der Waals surface area contributed by atoms with Gasteiger partial charge in [0.1, 0.15) is 0 Å². The summed E-state index contributed by atoms with van der Waals surface area (Å²) in [5.41, 5.74) is 7.42. The van der Waals surface area contributed by atoms with Crippen molar-refractivity contribution in [3.8, 4) is 11.5 Å². The van der Waals surface area contributed by atoms with E-state index in [1.165, 1.54) is 6.42 Å². The lowest BCUT2D eigenvalue weighted by Crippen LogP contribution is -2.42. The Bertz CT molecular complexity index is 466. The summed E-state index contributed by atoms with van der Waals surface area (Å²) in [5, 5.41) is 0. The van der Waals surface area contributed by atoms with Crippen molar-refractivity contribution in [1.29, 1.82) is 0 Å². The van der Waals surface area contributed by atoms with Gasteiger partial charge in [-0.15, -0.1) is 0 Å². The van der Waals surface area contributed by atoms with Gasteiger partial charge in [-0.1, -0.05) is 6.07 Å². The minimum Gasteiger partial charge on any atom is -0.454 e. The number of benzene rings is 1. The van der Waals surface area contributed by atoms with Crippen LogP contribution < -0.4 is 15.2 Å². The van der Waals surface area contributed by atoms with Crippen LogP contribution in [0.3, 0.4) is 0 Å². The standard InChI is InChI=1S/C15H22N2O3/c1-18-12-3-2-6-17(8-12)9-13(16)11-4-5-14-15(7-11)20-10-19-14/h4-5,7,12-13H,2-3,6,8-10,16H2,1H3. The molecule has 0 bridgehead atoms. The molecule has 2 heterocycles. The summed E-state index contributed by atoms with van der Waals surface area (Å²) in [6, 6.07) is 5.94. The maximum atomic E-state index is 6.33. The monoisotopic (exact) mass is 278 g/mol. The lowest BCUT2D eigenvalue weighted by Gasteiger charge is -2.33. The van der Waals surface area contributed by atoms with Crippen molar-refractivity contribution in [2.75, 3.05) is 33.5 Å². The summed E-state index contributed by atoms with van der Waals surface area (Å²) in [4.78, 5) is 2.38. The lowest BCUT2D eigenvalue weighted by molar-refractivity contribution is 0.0294. The first-order valence-electron chi connectivity index (χ1n) is 7.16. The van der Waals surface area contributed by atoms with E-state index in [4.69, 9.17) is 19.9 Å². The summed E-state index contributed by atoms with van der Waals surface area (Å²) >= 11 is 0. The molecule has 0 radical (unpaired) electrons. The zero-order valence-electron chi connectivity index (χ0n) is 11.9. The van der Waals surface area contributed by atoms with Gasteiger partial charge in [0.2, 0.25) is 6.79 Å². The Morgan fingerprint density at radius 3 is 3.10 bits per heavy atom. The van der Waals surface area contributed by atoms with E-state index in [2.05, 4.69) is 4.90 Å². The third kappa shape index (κ3) is 2.90.